The van der Waals surface area contributed by atoms with Gasteiger partial charge in [-0.3, -0.25) is 4.79 Å². The maximum absolute atomic E-state index is 13.6. The molecule has 0 unspecified atom stereocenters. The number of halogens is 4. The van der Waals surface area contributed by atoms with Crippen LogP contribution in [0.3, 0.4) is 0 Å². The third-order valence-electron chi connectivity index (χ3n) is 2.68. The molecule has 0 heterocycles. The lowest BCUT2D eigenvalue weighted by molar-refractivity contribution is -0.120. The first-order chi connectivity index (χ1) is 11.5. The van der Waals surface area contributed by atoms with Crippen LogP contribution in [0.4, 0.5) is 22.4 Å². The second kappa shape index (κ2) is 8.15. The van der Waals surface area contributed by atoms with E-state index in [-0.39, 0.29) is 0 Å². The van der Waals surface area contributed by atoms with Crippen molar-refractivity contribution in [1.29, 1.82) is 0 Å². The second-order valence-corrected chi connectivity index (χ2v) is 5.90. The van der Waals surface area contributed by atoms with E-state index in [0.717, 1.165) is 0 Å². The molecule has 0 saturated heterocycles. The molecule has 0 aliphatic rings. The van der Waals surface area contributed by atoms with Gasteiger partial charge < -0.3 is 19.9 Å². The number of nitrogens with one attached hydrogen (secondary N) is 1. The fourth-order valence-electron chi connectivity index (χ4n) is 1.61. The third-order valence-corrected chi connectivity index (χ3v) is 2.68. The molecule has 1 aromatic carbocycles. The zero-order valence-electron chi connectivity index (χ0n) is 13.7. The minimum atomic E-state index is -1.88. The molecule has 0 fully saturated rings. The first-order valence-corrected chi connectivity index (χ1v) is 7.05. The van der Waals surface area contributed by atoms with Crippen LogP contribution in [0.15, 0.2) is 0 Å². The van der Waals surface area contributed by atoms with E-state index in [2.05, 4.69) is 10.1 Å². The quantitative estimate of drug-likeness (QED) is 0.595. The van der Waals surface area contributed by atoms with Crippen LogP contribution in [0.25, 0.3) is 0 Å². The maximum Gasteiger partial charge on any atom is 0.408 e. The van der Waals surface area contributed by atoms with Crippen molar-refractivity contribution >= 4 is 11.9 Å². The van der Waals surface area contributed by atoms with Gasteiger partial charge in [-0.25, -0.2) is 13.6 Å². The molecule has 6 nitrogen and oxygen atoms in total. The lowest BCUT2D eigenvalue weighted by Gasteiger charge is -2.19. The van der Waals surface area contributed by atoms with Crippen LogP contribution >= 0.6 is 0 Å². The van der Waals surface area contributed by atoms with Crippen LogP contribution in [0, 0.1) is 23.3 Å². The highest BCUT2D eigenvalue weighted by atomic mass is 19.2. The average Bonchev–Trinajstić information content (AvgIpc) is 2.50. The number of ether oxygens (including phenoxy) is 2. The Bertz CT molecular complexity index is 644. The van der Waals surface area contributed by atoms with Gasteiger partial charge in [0.25, 0.3) is 0 Å². The Morgan fingerprint density at radius 3 is 2.00 bits per heavy atom. The molecule has 1 rings (SSSR count). The van der Waals surface area contributed by atoms with Crippen molar-refractivity contribution in [2.45, 2.75) is 33.0 Å². The molecule has 2 N–H and O–H groups in total. The number of benzene rings is 1. The lowest BCUT2D eigenvalue weighted by atomic mass is 10.1. The number of amides is 1. The van der Waals surface area contributed by atoms with Gasteiger partial charge in [0.2, 0.25) is 11.6 Å². The smallest absolute Gasteiger partial charge is 0.408 e. The summed E-state index contributed by atoms with van der Waals surface area (Å²) in [4.78, 5) is 22.9. The number of rotatable bonds is 6. The van der Waals surface area contributed by atoms with E-state index in [1.165, 1.54) is 0 Å². The molecule has 0 aliphatic heterocycles. The topological polar surface area (TPSA) is 84.9 Å². The summed E-state index contributed by atoms with van der Waals surface area (Å²) in [5.41, 5.74) is -1.99. The van der Waals surface area contributed by atoms with E-state index in [0.29, 0.717) is 0 Å². The van der Waals surface area contributed by atoms with Crippen LogP contribution in [0.5, 0.6) is 5.75 Å². The Balaban J connectivity index is 2.70. The summed E-state index contributed by atoms with van der Waals surface area (Å²) < 4.78 is 63.5. The molecule has 0 aliphatic carbocycles. The Morgan fingerprint density at radius 2 is 1.56 bits per heavy atom. The molecule has 0 atom stereocenters. The van der Waals surface area contributed by atoms with Gasteiger partial charge in [0, 0.05) is 0 Å². The van der Waals surface area contributed by atoms with Crippen LogP contribution < -0.4 is 10.1 Å². The van der Waals surface area contributed by atoms with Crippen molar-refractivity contribution in [2.24, 2.45) is 0 Å². The predicted molar refractivity (Wildman–Crippen MR) is 76.9 cm³/mol. The maximum atomic E-state index is 13.6. The molecule has 0 bridgehead atoms. The van der Waals surface area contributed by atoms with E-state index < -0.39 is 71.8 Å². The van der Waals surface area contributed by atoms with Crippen molar-refractivity contribution in [3.63, 3.8) is 0 Å². The number of ketones is 1. The number of Topliss-reactive ketones (excluding diaryl/α,β-unsaturated/α-hetero) is 1. The van der Waals surface area contributed by atoms with Crippen molar-refractivity contribution in [3.8, 4) is 5.75 Å². The summed E-state index contributed by atoms with van der Waals surface area (Å²) in [7, 11) is 0. The van der Waals surface area contributed by atoms with Gasteiger partial charge in [0.05, 0.1) is 18.7 Å². The molecule has 10 heteroatoms. The van der Waals surface area contributed by atoms with Crippen LogP contribution in [0.1, 0.15) is 26.3 Å². The third kappa shape index (κ3) is 5.59. The SMILES string of the molecule is CC(C)(C)OC(=O)NCC(=O)COc1c(F)c(F)c(CO)c(F)c1F. The number of aliphatic hydroxyl groups is 1. The molecule has 25 heavy (non-hydrogen) atoms. The molecule has 140 valence electrons. The van der Waals surface area contributed by atoms with Crippen LogP contribution in [-0.2, 0) is 16.1 Å². The number of alkyl carbamates (subject to hydrolysis) is 1. The molecule has 0 radical (unpaired) electrons. The molecular weight excluding hydrogens is 350 g/mol. The van der Waals surface area contributed by atoms with E-state index >= 15 is 0 Å². The number of carbonyl (C=O) groups is 2. The average molecular weight is 367 g/mol. The highest BCUT2D eigenvalue weighted by Crippen LogP contribution is 2.30. The Labute approximate surface area is 140 Å². The zero-order valence-corrected chi connectivity index (χ0v) is 13.7. The summed E-state index contributed by atoms with van der Waals surface area (Å²) in [6, 6.07) is 0. The summed E-state index contributed by atoms with van der Waals surface area (Å²) in [6.45, 7) is 2.00. The van der Waals surface area contributed by atoms with Crippen molar-refractivity contribution in [1.82, 2.24) is 5.32 Å². The molecule has 1 amide bonds. The molecule has 0 saturated carbocycles. The van der Waals surface area contributed by atoms with E-state index in [4.69, 9.17) is 9.84 Å². The number of aliphatic hydroxyl groups excluding tert-OH is 1. The summed E-state index contributed by atoms with van der Waals surface area (Å²) in [5, 5.41) is 10.8. The molecule has 0 aromatic heterocycles. The van der Waals surface area contributed by atoms with Gasteiger partial charge in [-0.1, -0.05) is 0 Å². The van der Waals surface area contributed by atoms with Gasteiger partial charge in [-0.05, 0) is 20.8 Å². The van der Waals surface area contributed by atoms with Gasteiger partial charge in [-0.2, -0.15) is 8.78 Å². The Morgan fingerprint density at radius 1 is 1.04 bits per heavy atom. The van der Waals surface area contributed by atoms with Gasteiger partial charge in [0.15, 0.2) is 23.2 Å². The first-order valence-electron chi connectivity index (χ1n) is 7.05. The molecule has 0 spiro atoms. The van der Waals surface area contributed by atoms with Crippen LogP contribution in [0.2, 0.25) is 0 Å². The minimum absolute atomic E-state index is 0.585. The van der Waals surface area contributed by atoms with Crippen molar-refractivity contribution in [2.75, 3.05) is 13.2 Å². The van der Waals surface area contributed by atoms with E-state index in [1.54, 1.807) is 20.8 Å². The zero-order chi connectivity index (χ0) is 19.4. The Kier molecular flexibility index (Phi) is 6.74. The van der Waals surface area contributed by atoms with Gasteiger partial charge >= 0.3 is 6.09 Å². The number of hydrogen-bond acceptors (Lipinski definition) is 5. The van der Waals surface area contributed by atoms with E-state index in [9.17, 15) is 27.2 Å². The largest absolute Gasteiger partial charge is 0.479 e. The first kappa shape index (κ1) is 20.7. The fourth-order valence-corrected chi connectivity index (χ4v) is 1.61. The van der Waals surface area contributed by atoms with Gasteiger partial charge in [0.1, 0.15) is 12.2 Å². The monoisotopic (exact) mass is 367 g/mol. The Hall–Kier alpha value is -2.36. The fraction of sp³-hybridized carbons (Fsp3) is 0.467. The second-order valence-electron chi connectivity index (χ2n) is 5.90. The number of hydrogen-bond donors (Lipinski definition) is 2. The summed E-state index contributed by atoms with van der Waals surface area (Å²) >= 11 is 0. The normalized spacial score (nSPS) is 11.2. The minimum Gasteiger partial charge on any atom is -0.479 e. The van der Waals surface area contributed by atoms with Crippen molar-refractivity contribution < 1.29 is 41.7 Å². The lowest BCUT2D eigenvalue weighted by Crippen LogP contribution is -2.36. The van der Waals surface area contributed by atoms with Crippen molar-refractivity contribution in [3.05, 3.63) is 28.8 Å². The highest BCUT2D eigenvalue weighted by molar-refractivity contribution is 5.85. The number of carbonyl (C=O) groups excluding carboxylic acids is 2. The molecular formula is C15H17F4NO5. The van der Waals surface area contributed by atoms with E-state index in [1.807, 2.05) is 0 Å². The van der Waals surface area contributed by atoms with Crippen LogP contribution in [-0.4, -0.2) is 35.7 Å². The van der Waals surface area contributed by atoms with Gasteiger partial charge in [-0.15, -0.1) is 0 Å². The summed E-state index contributed by atoms with van der Waals surface area (Å²) in [6.07, 6.45) is -0.900. The predicted octanol–water partition coefficient (Wildman–Crippen LogP) is 2.21. The molecule has 1 aromatic rings. The standard InChI is InChI=1S/C15H17F4NO5/c1-15(2,3)25-14(23)20-4-7(22)6-24-13-11(18)9(16)8(5-21)10(17)12(13)19/h21H,4-6H2,1-3H3,(H,20,23). The highest BCUT2D eigenvalue weighted by Gasteiger charge is 2.26. The summed E-state index contributed by atoms with van der Waals surface area (Å²) in [5.74, 6) is -9.67.